The van der Waals surface area contributed by atoms with Crippen LogP contribution in [0.3, 0.4) is 0 Å². The summed E-state index contributed by atoms with van der Waals surface area (Å²) in [4.78, 5) is 5.73. The van der Waals surface area contributed by atoms with Crippen molar-refractivity contribution < 1.29 is 0 Å². The number of hydrogen-bond donors (Lipinski definition) is 1. The molecule has 0 fully saturated rings. The van der Waals surface area contributed by atoms with E-state index in [-0.39, 0.29) is 0 Å². The number of aromatic nitrogens is 1. The van der Waals surface area contributed by atoms with Gasteiger partial charge in [-0.3, -0.25) is 0 Å². The topological polar surface area (TPSA) is 24.9 Å². The lowest BCUT2D eigenvalue weighted by Crippen LogP contribution is -2.15. The molecule has 0 aliphatic heterocycles. The van der Waals surface area contributed by atoms with E-state index in [9.17, 15) is 0 Å². The third-order valence-electron chi connectivity index (χ3n) is 2.18. The second-order valence-electron chi connectivity index (χ2n) is 3.27. The van der Waals surface area contributed by atoms with Gasteiger partial charge in [-0.25, -0.2) is 4.98 Å². The van der Waals surface area contributed by atoms with Gasteiger partial charge in [0.2, 0.25) is 0 Å². The third kappa shape index (κ3) is 2.57. The summed E-state index contributed by atoms with van der Waals surface area (Å²) in [5.74, 6) is 2.67. The van der Waals surface area contributed by atoms with Crippen LogP contribution in [0.25, 0.3) is 0 Å². The van der Waals surface area contributed by atoms with Crippen LogP contribution in [0.2, 0.25) is 0 Å². The van der Waals surface area contributed by atoms with Gasteiger partial charge in [-0.05, 0) is 27.3 Å². The molecule has 1 atom stereocenters. The Morgan fingerprint density at radius 2 is 2.29 bits per heavy atom. The van der Waals surface area contributed by atoms with Gasteiger partial charge in [0.15, 0.2) is 0 Å². The molecule has 1 unspecified atom stereocenters. The lowest BCUT2D eigenvalue weighted by Gasteiger charge is -2.13. The van der Waals surface area contributed by atoms with Gasteiger partial charge < -0.3 is 5.32 Å². The van der Waals surface area contributed by atoms with Crippen molar-refractivity contribution in [2.75, 3.05) is 7.05 Å². The predicted molar refractivity (Wildman–Crippen MR) is 61.5 cm³/mol. The quantitative estimate of drug-likeness (QED) is 0.769. The van der Waals surface area contributed by atoms with Crippen molar-refractivity contribution in [3.05, 3.63) is 15.6 Å². The van der Waals surface area contributed by atoms with E-state index in [0.29, 0.717) is 6.04 Å². The summed E-state index contributed by atoms with van der Waals surface area (Å²) in [6.07, 6.45) is 7.05. The second-order valence-corrected chi connectivity index (χ2v) is 4.50. The van der Waals surface area contributed by atoms with Gasteiger partial charge in [-0.15, -0.1) is 23.7 Å². The molecule has 0 aliphatic rings. The minimum Gasteiger partial charge on any atom is -0.312 e. The first kappa shape index (κ1) is 11.2. The molecule has 3 heteroatoms. The van der Waals surface area contributed by atoms with Crippen LogP contribution >= 0.6 is 11.3 Å². The number of terminal acetylenes is 1. The van der Waals surface area contributed by atoms with E-state index >= 15 is 0 Å². The molecule has 2 nitrogen and oxygen atoms in total. The van der Waals surface area contributed by atoms with Crippen LogP contribution < -0.4 is 5.32 Å². The highest BCUT2D eigenvalue weighted by molar-refractivity contribution is 7.11. The summed E-state index contributed by atoms with van der Waals surface area (Å²) < 4.78 is 0. The highest BCUT2D eigenvalue weighted by atomic mass is 32.1. The van der Waals surface area contributed by atoms with Crippen LogP contribution in [0.1, 0.15) is 34.5 Å². The smallest absolute Gasteiger partial charge is 0.0900 e. The molecule has 1 aromatic heterocycles. The maximum Gasteiger partial charge on any atom is 0.0900 e. The second kappa shape index (κ2) is 5.14. The van der Waals surface area contributed by atoms with Gasteiger partial charge in [0.1, 0.15) is 0 Å². The van der Waals surface area contributed by atoms with Gasteiger partial charge in [-0.1, -0.05) is 0 Å². The van der Waals surface area contributed by atoms with Crippen molar-refractivity contribution in [2.45, 2.75) is 32.7 Å². The first-order valence-electron chi connectivity index (χ1n) is 4.73. The molecule has 0 spiro atoms. The van der Waals surface area contributed by atoms with Gasteiger partial charge in [0, 0.05) is 17.3 Å². The molecule has 0 amide bonds. The Morgan fingerprint density at radius 1 is 1.57 bits per heavy atom. The van der Waals surface area contributed by atoms with Gasteiger partial charge >= 0.3 is 0 Å². The van der Waals surface area contributed by atoms with E-state index in [1.54, 1.807) is 11.3 Å². The molecular formula is C11H16N2S. The standard InChI is InChI=1S/C11H16N2S/c1-5-6-7-10(12-4)11-8(2)13-9(3)14-11/h1,10,12H,6-7H2,2-4H3. The minimum atomic E-state index is 0.359. The molecule has 0 aliphatic carbocycles. The van der Waals surface area contributed by atoms with Crippen LogP contribution in [-0.2, 0) is 0 Å². The zero-order valence-electron chi connectivity index (χ0n) is 8.92. The van der Waals surface area contributed by atoms with Crippen molar-refractivity contribution in [3.8, 4) is 12.3 Å². The largest absolute Gasteiger partial charge is 0.312 e. The van der Waals surface area contributed by atoms with E-state index < -0.39 is 0 Å². The molecule has 1 aromatic rings. The van der Waals surface area contributed by atoms with E-state index in [0.717, 1.165) is 23.5 Å². The summed E-state index contributed by atoms with van der Waals surface area (Å²) in [5.41, 5.74) is 1.13. The Balaban J connectivity index is 2.79. The molecule has 0 radical (unpaired) electrons. The Bertz CT molecular complexity index is 336. The van der Waals surface area contributed by atoms with Gasteiger partial charge in [0.25, 0.3) is 0 Å². The van der Waals surface area contributed by atoms with Crippen LogP contribution in [0, 0.1) is 26.2 Å². The molecule has 76 valence electrons. The van der Waals surface area contributed by atoms with Crippen molar-refractivity contribution in [1.29, 1.82) is 0 Å². The van der Waals surface area contributed by atoms with Gasteiger partial charge in [0.05, 0.1) is 10.7 Å². The van der Waals surface area contributed by atoms with Crippen molar-refractivity contribution in [3.63, 3.8) is 0 Å². The third-order valence-corrected chi connectivity index (χ3v) is 3.37. The van der Waals surface area contributed by atoms with E-state index in [2.05, 4.69) is 23.1 Å². The number of nitrogens with one attached hydrogen (secondary N) is 1. The number of nitrogens with zero attached hydrogens (tertiary/aromatic N) is 1. The number of rotatable bonds is 4. The fraction of sp³-hybridized carbons (Fsp3) is 0.545. The van der Waals surface area contributed by atoms with Crippen LogP contribution in [0.5, 0.6) is 0 Å². The summed E-state index contributed by atoms with van der Waals surface area (Å²) in [6.45, 7) is 4.09. The van der Waals surface area contributed by atoms with Crippen molar-refractivity contribution in [2.24, 2.45) is 0 Å². The monoisotopic (exact) mass is 208 g/mol. The summed E-state index contributed by atoms with van der Waals surface area (Å²) in [7, 11) is 1.97. The average molecular weight is 208 g/mol. The highest BCUT2D eigenvalue weighted by Gasteiger charge is 2.14. The fourth-order valence-corrected chi connectivity index (χ4v) is 2.58. The minimum absolute atomic E-state index is 0.359. The van der Waals surface area contributed by atoms with Crippen LogP contribution in [0.4, 0.5) is 0 Å². The van der Waals surface area contributed by atoms with E-state index in [1.807, 2.05) is 14.0 Å². The Hall–Kier alpha value is -0.850. The number of hydrogen-bond acceptors (Lipinski definition) is 3. The maximum absolute atomic E-state index is 5.26. The Labute approximate surface area is 89.8 Å². The highest BCUT2D eigenvalue weighted by Crippen LogP contribution is 2.27. The molecule has 14 heavy (non-hydrogen) atoms. The molecule has 1 rings (SSSR count). The first-order chi connectivity index (χ1) is 6.69. The lowest BCUT2D eigenvalue weighted by molar-refractivity contribution is 0.564. The number of thiazole rings is 1. The summed E-state index contributed by atoms with van der Waals surface area (Å²) >= 11 is 1.76. The van der Waals surface area contributed by atoms with E-state index in [4.69, 9.17) is 6.42 Å². The van der Waals surface area contributed by atoms with Crippen molar-refractivity contribution in [1.82, 2.24) is 10.3 Å². The number of aryl methyl sites for hydroxylation is 2. The Kier molecular flexibility index (Phi) is 4.12. The normalized spacial score (nSPS) is 12.4. The fourth-order valence-electron chi connectivity index (χ4n) is 1.50. The maximum atomic E-state index is 5.26. The summed E-state index contributed by atoms with van der Waals surface area (Å²) in [5, 5.41) is 4.41. The van der Waals surface area contributed by atoms with Crippen LogP contribution in [-0.4, -0.2) is 12.0 Å². The average Bonchev–Trinajstić information content (AvgIpc) is 2.47. The molecule has 1 N–H and O–H groups in total. The Morgan fingerprint density at radius 3 is 2.71 bits per heavy atom. The SMILES string of the molecule is C#CCCC(NC)c1sc(C)nc1C. The predicted octanol–water partition coefficient (Wildman–Crippen LogP) is 2.43. The lowest BCUT2D eigenvalue weighted by atomic mass is 10.1. The zero-order chi connectivity index (χ0) is 10.6. The molecule has 0 saturated carbocycles. The van der Waals surface area contributed by atoms with Crippen molar-refractivity contribution >= 4 is 11.3 Å². The van der Waals surface area contributed by atoms with Gasteiger partial charge in [-0.2, -0.15) is 0 Å². The van der Waals surface area contributed by atoms with E-state index in [1.165, 1.54) is 4.88 Å². The summed E-state index contributed by atoms with van der Waals surface area (Å²) in [6, 6.07) is 0.359. The molecule has 0 bridgehead atoms. The zero-order valence-corrected chi connectivity index (χ0v) is 9.74. The molecular weight excluding hydrogens is 192 g/mol. The van der Waals surface area contributed by atoms with Crippen LogP contribution in [0.15, 0.2) is 0 Å². The first-order valence-corrected chi connectivity index (χ1v) is 5.55. The molecule has 1 heterocycles. The molecule has 0 saturated heterocycles. The molecule has 0 aromatic carbocycles.